The quantitative estimate of drug-likeness (QED) is 0.387. The number of aromatic nitrogens is 2. The second-order valence-electron chi connectivity index (χ2n) is 5.83. The molecule has 4 nitrogen and oxygen atoms in total. The van der Waals surface area contributed by atoms with E-state index in [-0.39, 0.29) is 5.78 Å². The van der Waals surface area contributed by atoms with Crippen molar-refractivity contribution in [3.05, 3.63) is 77.0 Å². The highest BCUT2D eigenvalue weighted by atomic mass is 16.1. The van der Waals surface area contributed by atoms with E-state index in [1.165, 1.54) is 17.2 Å². The lowest BCUT2D eigenvalue weighted by molar-refractivity contribution is 0.104. The summed E-state index contributed by atoms with van der Waals surface area (Å²) in [5.41, 5.74) is 12.1. The lowest BCUT2D eigenvalue weighted by Gasteiger charge is -2.01. The Morgan fingerprint density at radius 3 is 2.35 bits per heavy atom. The van der Waals surface area contributed by atoms with Crippen LogP contribution in [-0.2, 0) is 0 Å². The standard InChI is InChI=1S/C20H19N3O.C2H6/c1-13-3-4-16(11-14(13)2)19-12-18(22-23-19)9-10-20(24)15-5-7-17(21)8-6-15;1-2/h3-12H,21H2,1-2H3,(H,22,23);1-2H3/b10-9+;. The van der Waals surface area contributed by atoms with Gasteiger partial charge in [0.1, 0.15) is 0 Å². The maximum absolute atomic E-state index is 12.1. The van der Waals surface area contributed by atoms with Gasteiger partial charge in [-0.1, -0.05) is 26.0 Å². The van der Waals surface area contributed by atoms with E-state index in [0.29, 0.717) is 11.3 Å². The molecular formula is C22H25N3O. The maximum Gasteiger partial charge on any atom is 0.185 e. The topological polar surface area (TPSA) is 71.8 Å². The Labute approximate surface area is 154 Å². The van der Waals surface area contributed by atoms with Gasteiger partial charge in [0.15, 0.2) is 5.78 Å². The van der Waals surface area contributed by atoms with Crippen molar-refractivity contribution in [2.75, 3.05) is 5.73 Å². The van der Waals surface area contributed by atoms with Gasteiger partial charge >= 0.3 is 0 Å². The summed E-state index contributed by atoms with van der Waals surface area (Å²) in [5, 5.41) is 7.26. The van der Waals surface area contributed by atoms with E-state index in [2.05, 4.69) is 36.2 Å². The molecule has 0 fully saturated rings. The third-order valence-electron chi connectivity index (χ3n) is 4.01. The first-order valence-electron chi connectivity index (χ1n) is 8.74. The van der Waals surface area contributed by atoms with E-state index >= 15 is 0 Å². The number of hydrogen-bond acceptors (Lipinski definition) is 3. The second kappa shape index (κ2) is 8.81. The molecule has 0 unspecified atom stereocenters. The number of nitrogens with zero attached hydrogens (tertiary/aromatic N) is 1. The molecule has 1 heterocycles. The molecule has 0 aliphatic carbocycles. The lowest BCUT2D eigenvalue weighted by Crippen LogP contribution is -1.94. The van der Waals surface area contributed by atoms with Gasteiger partial charge in [-0.05, 0) is 73.5 Å². The fourth-order valence-corrected chi connectivity index (χ4v) is 2.38. The SMILES string of the molecule is CC.Cc1ccc(-c2cc(/C=C/C(=O)c3ccc(N)cc3)[nH]n2)cc1C. The average molecular weight is 347 g/mol. The summed E-state index contributed by atoms with van der Waals surface area (Å²) in [4.78, 5) is 12.1. The second-order valence-corrected chi connectivity index (χ2v) is 5.83. The van der Waals surface area contributed by atoms with Gasteiger partial charge in [-0.2, -0.15) is 5.10 Å². The summed E-state index contributed by atoms with van der Waals surface area (Å²) in [6, 6.07) is 15.0. The van der Waals surface area contributed by atoms with Crippen LogP contribution in [0.2, 0.25) is 0 Å². The predicted octanol–water partition coefficient (Wildman–Crippen LogP) is 5.20. The number of allylic oxidation sites excluding steroid dienone is 1. The first-order chi connectivity index (χ1) is 12.5. The summed E-state index contributed by atoms with van der Waals surface area (Å²) >= 11 is 0. The van der Waals surface area contributed by atoms with Crippen LogP contribution in [0.25, 0.3) is 17.3 Å². The van der Waals surface area contributed by atoms with Crippen LogP contribution in [-0.4, -0.2) is 16.0 Å². The fourth-order valence-electron chi connectivity index (χ4n) is 2.38. The Kier molecular flexibility index (Phi) is 6.50. The van der Waals surface area contributed by atoms with Gasteiger partial charge in [0, 0.05) is 16.8 Å². The highest BCUT2D eigenvalue weighted by Crippen LogP contribution is 2.21. The number of benzene rings is 2. The van der Waals surface area contributed by atoms with Gasteiger partial charge in [-0.15, -0.1) is 0 Å². The van der Waals surface area contributed by atoms with Crippen molar-refractivity contribution in [3.63, 3.8) is 0 Å². The molecule has 0 aliphatic heterocycles. The molecule has 0 saturated heterocycles. The van der Waals surface area contributed by atoms with Crippen LogP contribution >= 0.6 is 0 Å². The average Bonchev–Trinajstić information content (AvgIpc) is 3.13. The van der Waals surface area contributed by atoms with Gasteiger partial charge < -0.3 is 5.73 Å². The molecule has 1 aromatic heterocycles. The fraction of sp³-hybridized carbons (Fsp3) is 0.182. The maximum atomic E-state index is 12.1. The Balaban J connectivity index is 0.00000117. The molecule has 0 aliphatic rings. The third-order valence-corrected chi connectivity index (χ3v) is 4.01. The predicted molar refractivity (Wildman–Crippen MR) is 109 cm³/mol. The number of nitrogens with one attached hydrogen (secondary N) is 1. The van der Waals surface area contributed by atoms with E-state index in [0.717, 1.165) is 17.0 Å². The first kappa shape index (κ1) is 19.2. The molecule has 134 valence electrons. The molecule has 2 aromatic carbocycles. The number of rotatable bonds is 4. The van der Waals surface area contributed by atoms with E-state index < -0.39 is 0 Å². The molecule has 0 saturated carbocycles. The molecule has 3 aromatic rings. The highest BCUT2D eigenvalue weighted by molar-refractivity contribution is 6.06. The Bertz CT molecular complexity index is 905. The Morgan fingerprint density at radius 1 is 1.00 bits per heavy atom. The number of carbonyl (C=O) groups is 1. The van der Waals surface area contributed by atoms with Crippen molar-refractivity contribution in [2.45, 2.75) is 27.7 Å². The molecular weight excluding hydrogens is 322 g/mol. The van der Waals surface area contributed by atoms with Crippen LogP contribution in [0.5, 0.6) is 0 Å². The largest absolute Gasteiger partial charge is 0.399 e. The van der Waals surface area contributed by atoms with Gasteiger partial charge in [0.25, 0.3) is 0 Å². The van der Waals surface area contributed by atoms with Gasteiger partial charge in [-0.25, -0.2) is 0 Å². The molecule has 0 amide bonds. The summed E-state index contributed by atoms with van der Waals surface area (Å²) < 4.78 is 0. The number of ketones is 1. The summed E-state index contributed by atoms with van der Waals surface area (Å²) in [7, 11) is 0. The molecule has 0 bridgehead atoms. The Hall–Kier alpha value is -3.14. The summed E-state index contributed by atoms with van der Waals surface area (Å²) in [6.07, 6.45) is 3.26. The van der Waals surface area contributed by atoms with E-state index in [4.69, 9.17) is 5.73 Å². The zero-order valence-corrected chi connectivity index (χ0v) is 15.7. The minimum Gasteiger partial charge on any atom is -0.399 e. The van der Waals surface area contributed by atoms with Crippen molar-refractivity contribution >= 4 is 17.5 Å². The molecule has 0 atom stereocenters. The number of hydrogen-bond donors (Lipinski definition) is 2. The van der Waals surface area contributed by atoms with Crippen LogP contribution in [0.15, 0.2) is 54.6 Å². The number of aromatic amines is 1. The van der Waals surface area contributed by atoms with Gasteiger partial charge in [-0.3, -0.25) is 9.89 Å². The summed E-state index contributed by atoms with van der Waals surface area (Å²) in [5.74, 6) is -0.0719. The van der Waals surface area contributed by atoms with Gasteiger partial charge in [0.2, 0.25) is 0 Å². The zero-order valence-electron chi connectivity index (χ0n) is 15.7. The van der Waals surface area contributed by atoms with Crippen LogP contribution in [0.4, 0.5) is 5.69 Å². The highest BCUT2D eigenvalue weighted by Gasteiger charge is 2.05. The van der Waals surface area contributed by atoms with Gasteiger partial charge in [0.05, 0.1) is 11.4 Å². The van der Waals surface area contributed by atoms with Crippen molar-refractivity contribution < 1.29 is 4.79 Å². The molecule has 26 heavy (non-hydrogen) atoms. The lowest BCUT2D eigenvalue weighted by atomic mass is 10.0. The molecule has 0 radical (unpaired) electrons. The van der Waals surface area contributed by atoms with Crippen molar-refractivity contribution in [2.24, 2.45) is 0 Å². The zero-order chi connectivity index (χ0) is 19.1. The molecule has 4 heteroatoms. The van der Waals surface area contributed by atoms with Crippen molar-refractivity contribution in [1.82, 2.24) is 10.2 Å². The molecule has 3 N–H and O–H groups in total. The first-order valence-corrected chi connectivity index (χ1v) is 8.74. The number of aryl methyl sites for hydroxylation is 2. The minimum absolute atomic E-state index is 0.0719. The minimum atomic E-state index is -0.0719. The van der Waals surface area contributed by atoms with E-state index in [1.807, 2.05) is 26.0 Å². The summed E-state index contributed by atoms with van der Waals surface area (Å²) in [6.45, 7) is 8.16. The molecule has 0 spiro atoms. The normalized spacial score (nSPS) is 10.5. The van der Waals surface area contributed by atoms with E-state index in [1.54, 1.807) is 30.3 Å². The van der Waals surface area contributed by atoms with Crippen LogP contribution in [0.1, 0.15) is 41.0 Å². The third kappa shape index (κ3) is 4.70. The monoisotopic (exact) mass is 347 g/mol. The number of H-pyrrole nitrogens is 1. The van der Waals surface area contributed by atoms with Crippen LogP contribution in [0, 0.1) is 13.8 Å². The van der Waals surface area contributed by atoms with Crippen LogP contribution in [0.3, 0.4) is 0 Å². The van der Waals surface area contributed by atoms with Crippen molar-refractivity contribution in [3.8, 4) is 11.3 Å². The Morgan fingerprint density at radius 2 is 1.69 bits per heavy atom. The van der Waals surface area contributed by atoms with E-state index in [9.17, 15) is 4.79 Å². The molecule has 3 rings (SSSR count). The number of anilines is 1. The van der Waals surface area contributed by atoms with Crippen molar-refractivity contribution in [1.29, 1.82) is 0 Å². The smallest absolute Gasteiger partial charge is 0.185 e. The number of nitrogen functional groups attached to an aromatic ring is 1. The number of nitrogens with two attached hydrogens (primary N) is 1. The number of carbonyl (C=O) groups excluding carboxylic acids is 1. The van der Waals surface area contributed by atoms with Crippen LogP contribution < -0.4 is 5.73 Å².